The van der Waals surface area contributed by atoms with Crippen LogP contribution in [-0.2, 0) is 0 Å². The van der Waals surface area contributed by atoms with Gasteiger partial charge in [0.25, 0.3) is 0 Å². The number of rotatable bonds is 1. The summed E-state index contributed by atoms with van der Waals surface area (Å²) in [6, 6.07) is 0. The minimum atomic E-state index is 0.756. The van der Waals surface area contributed by atoms with Crippen LogP contribution in [0.25, 0.3) is 0 Å². The van der Waals surface area contributed by atoms with Crippen molar-refractivity contribution < 1.29 is 0 Å². The van der Waals surface area contributed by atoms with Crippen LogP contribution in [0.15, 0.2) is 3.92 Å². The zero-order valence-electron chi connectivity index (χ0n) is 8.40. The third kappa shape index (κ3) is 2.08. The van der Waals surface area contributed by atoms with Gasteiger partial charge >= 0.3 is 0 Å². The number of aromatic nitrogens is 2. The second kappa shape index (κ2) is 4.14. The maximum Gasteiger partial charge on any atom is 0.209 e. The van der Waals surface area contributed by atoms with E-state index >= 15 is 0 Å². The van der Waals surface area contributed by atoms with Gasteiger partial charge in [0.15, 0.2) is 3.92 Å². The molecule has 1 fully saturated rings. The monoisotopic (exact) mass is 275 g/mol. The normalized spacial score (nSPS) is 28.1. The molecule has 0 spiro atoms. The highest BCUT2D eigenvalue weighted by atomic mass is 79.9. The topological polar surface area (TPSA) is 29.0 Å². The lowest BCUT2D eigenvalue weighted by Crippen LogP contribution is -2.38. The van der Waals surface area contributed by atoms with Crippen molar-refractivity contribution in [3.05, 3.63) is 3.92 Å². The van der Waals surface area contributed by atoms with Crippen LogP contribution in [0, 0.1) is 11.8 Å². The maximum absolute atomic E-state index is 4.15. The summed E-state index contributed by atoms with van der Waals surface area (Å²) in [6.07, 6.45) is 1.26. The molecule has 1 aliphatic rings. The fourth-order valence-electron chi connectivity index (χ4n) is 1.76. The fraction of sp³-hybridized carbons (Fsp3) is 0.778. The molecule has 2 rings (SSSR count). The Kier molecular flexibility index (Phi) is 3.07. The van der Waals surface area contributed by atoms with E-state index < -0.39 is 0 Å². The highest BCUT2D eigenvalue weighted by Crippen LogP contribution is 2.30. The van der Waals surface area contributed by atoms with Crippen LogP contribution >= 0.6 is 27.3 Å². The predicted molar refractivity (Wildman–Crippen MR) is 62.8 cm³/mol. The van der Waals surface area contributed by atoms with Gasteiger partial charge < -0.3 is 4.90 Å². The van der Waals surface area contributed by atoms with Crippen molar-refractivity contribution >= 4 is 32.4 Å². The molecule has 2 atom stereocenters. The molecule has 2 unspecified atom stereocenters. The van der Waals surface area contributed by atoms with E-state index in [-0.39, 0.29) is 0 Å². The quantitative estimate of drug-likeness (QED) is 0.789. The summed E-state index contributed by atoms with van der Waals surface area (Å²) in [7, 11) is 0. The van der Waals surface area contributed by atoms with Crippen molar-refractivity contribution in [2.24, 2.45) is 11.8 Å². The summed E-state index contributed by atoms with van der Waals surface area (Å²) >= 11 is 4.96. The van der Waals surface area contributed by atoms with E-state index in [9.17, 15) is 0 Å². The van der Waals surface area contributed by atoms with Gasteiger partial charge in [0, 0.05) is 13.1 Å². The highest BCUT2D eigenvalue weighted by molar-refractivity contribution is 9.11. The largest absolute Gasteiger partial charge is 0.346 e. The van der Waals surface area contributed by atoms with Crippen LogP contribution in [-0.4, -0.2) is 23.3 Å². The molecule has 1 aromatic heterocycles. The Balaban J connectivity index is 2.06. The third-order valence-corrected chi connectivity index (χ3v) is 4.41. The van der Waals surface area contributed by atoms with Crippen molar-refractivity contribution in [2.75, 3.05) is 18.0 Å². The Labute approximate surface area is 96.7 Å². The van der Waals surface area contributed by atoms with Crippen molar-refractivity contribution in [3.8, 4) is 0 Å². The third-order valence-electron chi connectivity index (χ3n) is 2.99. The van der Waals surface area contributed by atoms with Crippen LogP contribution in [0.2, 0.25) is 0 Å². The molecule has 14 heavy (non-hydrogen) atoms. The van der Waals surface area contributed by atoms with Gasteiger partial charge in [0.2, 0.25) is 5.13 Å². The van der Waals surface area contributed by atoms with Crippen LogP contribution < -0.4 is 4.90 Å². The van der Waals surface area contributed by atoms with Crippen LogP contribution in [0.3, 0.4) is 0 Å². The standard InChI is InChI=1S/C9H14BrN3S/c1-6-3-4-13(5-7(6)2)9-12-11-8(10)14-9/h6-7H,3-5H2,1-2H3. The Morgan fingerprint density at radius 3 is 2.71 bits per heavy atom. The van der Waals surface area contributed by atoms with E-state index in [4.69, 9.17) is 0 Å². The zero-order chi connectivity index (χ0) is 10.1. The zero-order valence-corrected chi connectivity index (χ0v) is 10.8. The molecule has 0 aliphatic carbocycles. The molecule has 5 heteroatoms. The Bertz CT molecular complexity index is 315. The summed E-state index contributed by atoms with van der Waals surface area (Å²) in [6.45, 7) is 6.88. The second-order valence-electron chi connectivity index (χ2n) is 4.03. The van der Waals surface area contributed by atoms with E-state index in [1.54, 1.807) is 11.3 Å². The van der Waals surface area contributed by atoms with Crippen LogP contribution in [0.1, 0.15) is 20.3 Å². The van der Waals surface area contributed by atoms with Crippen LogP contribution in [0.5, 0.6) is 0 Å². The lowest BCUT2D eigenvalue weighted by atomic mass is 9.89. The molecule has 3 nitrogen and oxygen atoms in total. The number of halogens is 1. The summed E-state index contributed by atoms with van der Waals surface area (Å²) in [5.74, 6) is 1.59. The molecule has 1 aromatic rings. The number of hydrogen-bond acceptors (Lipinski definition) is 4. The average molecular weight is 276 g/mol. The van der Waals surface area contributed by atoms with Gasteiger partial charge in [-0.05, 0) is 34.2 Å². The summed E-state index contributed by atoms with van der Waals surface area (Å²) < 4.78 is 0.874. The van der Waals surface area contributed by atoms with E-state index in [0.29, 0.717) is 0 Å². The molecule has 78 valence electrons. The number of anilines is 1. The van der Waals surface area contributed by atoms with Crippen molar-refractivity contribution in [2.45, 2.75) is 20.3 Å². The van der Waals surface area contributed by atoms with Gasteiger partial charge in [-0.3, -0.25) is 0 Å². The van der Waals surface area contributed by atoms with Crippen LogP contribution in [0.4, 0.5) is 5.13 Å². The molecule has 2 heterocycles. The summed E-state index contributed by atoms with van der Waals surface area (Å²) in [5.41, 5.74) is 0. The van der Waals surface area contributed by atoms with Crippen molar-refractivity contribution in [3.63, 3.8) is 0 Å². The molecule has 0 amide bonds. The first-order valence-corrected chi connectivity index (χ1v) is 6.51. The van der Waals surface area contributed by atoms with Gasteiger partial charge in [0.05, 0.1) is 0 Å². The molecular formula is C9H14BrN3S. The minimum Gasteiger partial charge on any atom is -0.346 e. The SMILES string of the molecule is CC1CCN(c2nnc(Br)s2)CC1C. The summed E-state index contributed by atoms with van der Waals surface area (Å²) in [5, 5.41) is 9.18. The summed E-state index contributed by atoms with van der Waals surface area (Å²) in [4.78, 5) is 2.34. The first kappa shape index (κ1) is 10.4. The molecule has 0 bridgehead atoms. The average Bonchev–Trinajstić information content (AvgIpc) is 2.57. The molecule has 1 saturated heterocycles. The maximum atomic E-state index is 4.15. The first-order chi connectivity index (χ1) is 6.66. The predicted octanol–water partition coefficient (Wildman–Crippen LogP) is 2.78. The molecule has 0 saturated carbocycles. The van der Waals surface area contributed by atoms with E-state index in [1.807, 2.05) is 0 Å². The Morgan fingerprint density at radius 2 is 2.14 bits per heavy atom. The molecular weight excluding hydrogens is 262 g/mol. The smallest absolute Gasteiger partial charge is 0.209 e. The van der Waals surface area contributed by atoms with Gasteiger partial charge in [-0.2, -0.15) is 0 Å². The van der Waals surface area contributed by atoms with E-state index in [1.165, 1.54) is 6.42 Å². The van der Waals surface area contributed by atoms with Gasteiger partial charge in [-0.15, -0.1) is 10.2 Å². The minimum absolute atomic E-state index is 0.756. The van der Waals surface area contributed by atoms with Crippen molar-refractivity contribution in [1.82, 2.24) is 10.2 Å². The number of nitrogens with zero attached hydrogens (tertiary/aromatic N) is 3. The van der Waals surface area contributed by atoms with E-state index in [0.717, 1.165) is 34.0 Å². The van der Waals surface area contributed by atoms with Crippen molar-refractivity contribution in [1.29, 1.82) is 0 Å². The molecule has 0 N–H and O–H groups in total. The molecule has 0 aromatic carbocycles. The Morgan fingerprint density at radius 1 is 1.36 bits per heavy atom. The fourth-order valence-corrected chi connectivity index (χ4v) is 2.89. The number of piperidine rings is 1. The van der Waals surface area contributed by atoms with Gasteiger partial charge in [-0.25, -0.2) is 0 Å². The van der Waals surface area contributed by atoms with E-state index in [2.05, 4.69) is 44.9 Å². The molecule has 1 aliphatic heterocycles. The lowest BCUT2D eigenvalue weighted by Gasteiger charge is -2.34. The van der Waals surface area contributed by atoms with Gasteiger partial charge in [0.1, 0.15) is 0 Å². The molecule has 0 radical (unpaired) electrons. The number of hydrogen-bond donors (Lipinski definition) is 0. The first-order valence-electron chi connectivity index (χ1n) is 4.91. The van der Waals surface area contributed by atoms with Gasteiger partial charge in [-0.1, -0.05) is 25.2 Å². The second-order valence-corrected chi connectivity index (χ2v) is 6.26. The Hall–Kier alpha value is -0.160. The lowest BCUT2D eigenvalue weighted by molar-refractivity contribution is 0.323. The highest BCUT2D eigenvalue weighted by Gasteiger charge is 2.24.